The molecule has 0 N–H and O–H groups in total. The minimum atomic E-state index is 0.116. The molecular weight excluding hydrogens is 416 g/mol. The van der Waals surface area contributed by atoms with Crippen molar-refractivity contribution in [3.63, 3.8) is 0 Å². The van der Waals surface area contributed by atoms with E-state index in [1.165, 1.54) is 25.6 Å². The Morgan fingerprint density at radius 2 is 1.91 bits per heavy atom. The molecular formula is C25H28N6O2. The molecule has 0 bridgehead atoms. The largest absolute Gasteiger partial charge is 0.473 e. The van der Waals surface area contributed by atoms with Gasteiger partial charge in [-0.25, -0.2) is 14.3 Å². The van der Waals surface area contributed by atoms with Crippen LogP contribution in [-0.2, 0) is 20.2 Å². The molecule has 4 aromatic rings. The molecule has 0 amide bonds. The van der Waals surface area contributed by atoms with E-state index in [-0.39, 0.29) is 5.78 Å². The molecule has 3 heterocycles. The minimum absolute atomic E-state index is 0.116. The van der Waals surface area contributed by atoms with Gasteiger partial charge in [0.05, 0.1) is 11.9 Å². The number of rotatable bonds is 8. The van der Waals surface area contributed by atoms with Crippen LogP contribution in [0.2, 0.25) is 0 Å². The molecule has 8 nitrogen and oxygen atoms in total. The van der Waals surface area contributed by atoms with E-state index in [2.05, 4.69) is 26.2 Å². The van der Waals surface area contributed by atoms with E-state index in [9.17, 15) is 4.79 Å². The third kappa shape index (κ3) is 4.79. The number of carbonyl (C=O) groups is 1. The van der Waals surface area contributed by atoms with Crippen LogP contribution in [0.3, 0.4) is 0 Å². The van der Waals surface area contributed by atoms with Crippen molar-refractivity contribution in [2.24, 2.45) is 13.0 Å². The molecule has 5 rings (SSSR count). The molecule has 0 aliphatic heterocycles. The van der Waals surface area contributed by atoms with Gasteiger partial charge in [0.15, 0.2) is 11.4 Å². The zero-order valence-electron chi connectivity index (χ0n) is 18.9. The van der Waals surface area contributed by atoms with Crippen molar-refractivity contribution in [1.82, 2.24) is 29.5 Å². The van der Waals surface area contributed by atoms with E-state index in [1.807, 2.05) is 37.4 Å². The van der Waals surface area contributed by atoms with Crippen LogP contribution in [0.15, 0.2) is 49.1 Å². The summed E-state index contributed by atoms with van der Waals surface area (Å²) in [7, 11) is 1.82. The standard InChI is InChI=1S/C25H28N6O2/c1-30-25-21(24(29-30)22(32)13-18-7-3-2-4-8-18)11-12-23(28-25)33-15-20-10-6-5-9-19(20)14-31-17-26-16-27-31/h5-6,9-12,16-18H,2-4,7-8,13-15H2,1H3. The highest BCUT2D eigenvalue weighted by Crippen LogP contribution is 2.29. The van der Waals surface area contributed by atoms with Crippen LogP contribution in [-0.4, -0.2) is 35.3 Å². The Balaban J connectivity index is 1.30. The van der Waals surface area contributed by atoms with Gasteiger partial charge in [0.1, 0.15) is 25.0 Å². The molecule has 0 atom stereocenters. The van der Waals surface area contributed by atoms with Gasteiger partial charge in [-0.2, -0.15) is 15.2 Å². The van der Waals surface area contributed by atoms with Crippen molar-refractivity contribution in [1.29, 1.82) is 0 Å². The highest BCUT2D eigenvalue weighted by molar-refractivity contribution is 6.05. The molecule has 1 saturated carbocycles. The van der Waals surface area contributed by atoms with Gasteiger partial charge in [0.25, 0.3) is 0 Å². The van der Waals surface area contributed by atoms with Crippen LogP contribution in [0.5, 0.6) is 5.88 Å². The fraction of sp³-hybridized carbons (Fsp3) is 0.400. The third-order valence-corrected chi connectivity index (χ3v) is 6.42. The van der Waals surface area contributed by atoms with E-state index in [4.69, 9.17) is 4.74 Å². The fourth-order valence-corrected chi connectivity index (χ4v) is 4.64. The van der Waals surface area contributed by atoms with Gasteiger partial charge >= 0.3 is 0 Å². The normalized spacial score (nSPS) is 14.6. The monoisotopic (exact) mass is 444 g/mol. The molecule has 33 heavy (non-hydrogen) atoms. The van der Waals surface area contributed by atoms with Gasteiger partial charge in [-0.1, -0.05) is 56.4 Å². The lowest BCUT2D eigenvalue weighted by Crippen LogP contribution is -2.13. The van der Waals surface area contributed by atoms with Crippen LogP contribution in [0.4, 0.5) is 0 Å². The Kier molecular flexibility index (Phi) is 6.15. The topological polar surface area (TPSA) is 87.7 Å². The maximum absolute atomic E-state index is 13.0. The smallest absolute Gasteiger partial charge is 0.215 e. The quantitative estimate of drug-likeness (QED) is 0.376. The Bertz CT molecular complexity index is 1240. The zero-order chi connectivity index (χ0) is 22.6. The number of Topliss-reactive ketones (excluding diaryl/α,β-unsaturated/α-hetero) is 1. The van der Waals surface area contributed by atoms with Crippen molar-refractivity contribution in [3.8, 4) is 5.88 Å². The van der Waals surface area contributed by atoms with Crippen molar-refractivity contribution in [2.75, 3.05) is 0 Å². The zero-order valence-corrected chi connectivity index (χ0v) is 18.9. The highest BCUT2D eigenvalue weighted by Gasteiger charge is 2.22. The molecule has 1 fully saturated rings. The second-order valence-electron chi connectivity index (χ2n) is 8.77. The van der Waals surface area contributed by atoms with E-state index in [0.29, 0.717) is 42.7 Å². The number of ether oxygens (including phenoxy) is 1. The molecule has 170 valence electrons. The average Bonchev–Trinajstić information content (AvgIpc) is 3.47. The first-order chi connectivity index (χ1) is 16.2. The summed E-state index contributed by atoms with van der Waals surface area (Å²) in [5.41, 5.74) is 3.36. The van der Waals surface area contributed by atoms with Crippen LogP contribution < -0.4 is 4.74 Å². The number of carbonyl (C=O) groups excluding carboxylic acids is 1. The Labute approximate surface area is 192 Å². The van der Waals surface area contributed by atoms with Gasteiger partial charge in [0.2, 0.25) is 5.88 Å². The average molecular weight is 445 g/mol. The van der Waals surface area contributed by atoms with Crippen LogP contribution in [0.1, 0.15) is 60.1 Å². The fourth-order valence-electron chi connectivity index (χ4n) is 4.64. The molecule has 1 aliphatic carbocycles. The third-order valence-electron chi connectivity index (χ3n) is 6.42. The Morgan fingerprint density at radius 3 is 2.70 bits per heavy atom. The van der Waals surface area contributed by atoms with Crippen molar-refractivity contribution >= 4 is 16.8 Å². The van der Waals surface area contributed by atoms with E-state index >= 15 is 0 Å². The summed E-state index contributed by atoms with van der Waals surface area (Å²) in [6, 6.07) is 11.8. The molecule has 0 radical (unpaired) electrons. The Hall–Kier alpha value is -3.55. The maximum Gasteiger partial charge on any atom is 0.215 e. The second kappa shape index (κ2) is 9.52. The second-order valence-corrected chi connectivity index (χ2v) is 8.77. The SMILES string of the molecule is Cn1nc(C(=O)CC2CCCCC2)c2ccc(OCc3ccccc3Cn3cncn3)nc21. The molecule has 0 spiro atoms. The lowest BCUT2D eigenvalue weighted by atomic mass is 9.85. The van der Waals surface area contributed by atoms with Gasteiger partial charge in [-0.05, 0) is 23.1 Å². The van der Waals surface area contributed by atoms with E-state index in [0.717, 1.165) is 29.4 Å². The molecule has 0 saturated heterocycles. The van der Waals surface area contributed by atoms with Crippen LogP contribution in [0, 0.1) is 5.92 Å². The summed E-state index contributed by atoms with van der Waals surface area (Å²) in [5, 5.41) is 9.48. The number of aromatic nitrogens is 6. The van der Waals surface area contributed by atoms with Gasteiger partial charge < -0.3 is 4.74 Å². The lowest BCUT2D eigenvalue weighted by Gasteiger charge is -2.20. The number of fused-ring (bicyclic) bond motifs is 1. The first-order valence-corrected chi connectivity index (χ1v) is 11.6. The minimum Gasteiger partial charge on any atom is -0.473 e. The van der Waals surface area contributed by atoms with Gasteiger partial charge in [0, 0.05) is 19.5 Å². The van der Waals surface area contributed by atoms with Gasteiger partial charge in [-0.15, -0.1) is 0 Å². The Morgan fingerprint density at radius 1 is 1.09 bits per heavy atom. The molecule has 1 aromatic carbocycles. The summed E-state index contributed by atoms with van der Waals surface area (Å²) < 4.78 is 9.48. The first kappa shape index (κ1) is 21.3. The van der Waals surface area contributed by atoms with Gasteiger partial charge in [-0.3, -0.25) is 4.79 Å². The van der Waals surface area contributed by atoms with Crippen LogP contribution >= 0.6 is 0 Å². The summed E-state index contributed by atoms with van der Waals surface area (Å²) in [6.45, 7) is 1.01. The maximum atomic E-state index is 13.0. The number of hydrogen-bond acceptors (Lipinski definition) is 6. The molecule has 3 aromatic heterocycles. The van der Waals surface area contributed by atoms with Crippen molar-refractivity contribution in [3.05, 3.63) is 65.9 Å². The van der Waals surface area contributed by atoms with Crippen LogP contribution in [0.25, 0.3) is 11.0 Å². The summed E-state index contributed by atoms with van der Waals surface area (Å²) in [6.07, 6.45) is 9.83. The number of hydrogen-bond donors (Lipinski definition) is 0. The van der Waals surface area contributed by atoms with E-state index < -0.39 is 0 Å². The van der Waals surface area contributed by atoms with Crippen molar-refractivity contribution < 1.29 is 9.53 Å². The summed E-state index contributed by atoms with van der Waals surface area (Å²) >= 11 is 0. The predicted molar refractivity (Wildman–Crippen MR) is 124 cm³/mol. The number of benzene rings is 1. The molecule has 1 aliphatic rings. The highest BCUT2D eigenvalue weighted by atomic mass is 16.5. The summed E-state index contributed by atoms with van der Waals surface area (Å²) in [5.74, 6) is 1.11. The van der Waals surface area contributed by atoms with Crippen molar-refractivity contribution in [2.45, 2.75) is 51.7 Å². The predicted octanol–water partition coefficient (Wildman–Crippen LogP) is 4.34. The number of nitrogens with zero attached hydrogens (tertiary/aromatic N) is 6. The number of aryl methyl sites for hydroxylation is 1. The van der Waals surface area contributed by atoms with E-state index in [1.54, 1.807) is 15.7 Å². The number of pyridine rings is 1. The molecule has 8 heteroatoms. The first-order valence-electron chi connectivity index (χ1n) is 11.6. The lowest BCUT2D eigenvalue weighted by molar-refractivity contribution is 0.0946. The summed E-state index contributed by atoms with van der Waals surface area (Å²) in [4.78, 5) is 21.6. The number of ketones is 1. The molecule has 0 unspecified atom stereocenters.